The van der Waals surface area contributed by atoms with E-state index >= 15 is 0 Å². The summed E-state index contributed by atoms with van der Waals surface area (Å²) in [6, 6.07) is 7.29. The molecule has 0 aromatic heterocycles. The number of hydrogen-bond acceptors (Lipinski definition) is 3. The number of hydrogen-bond donors (Lipinski definition) is 0. The molecule has 0 amide bonds. The third-order valence-electron chi connectivity index (χ3n) is 4.45. The highest BCUT2D eigenvalue weighted by atomic mass is 35.5. The van der Waals surface area contributed by atoms with Gasteiger partial charge in [-0.15, -0.1) is 0 Å². The van der Waals surface area contributed by atoms with E-state index in [1.807, 2.05) is 12.1 Å². The van der Waals surface area contributed by atoms with Gasteiger partial charge in [0.1, 0.15) is 0 Å². The number of piperidine rings is 1. The Morgan fingerprint density at radius 1 is 0.950 bits per heavy atom. The summed E-state index contributed by atoms with van der Waals surface area (Å²) in [6.45, 7) is 4.42. The third-order valence-corrected chi connectivity index (χ3v) is 4.71. The second-order valence-corrected chi connectivity index (χ2v) is 6.20. The van der Waals surface area contributed by atoms with Crippen LogP contribution in [0, 0.1) is 5.92 Å². The number of nitrogens with zero attached hydrogens (tertiary/aromatic N) is 2. The van der Waals surface area contributed by atoms with Gasteiger partial charge in [0.15, 0.2) is 5.78 Å². The summed E-state index contributed by atoms with van der Waals surface area (Å²) in [5.41, 5.74) is 0.800. The van der Waals surface area contributed by atoms with Crippen molar-refractivity contribution in [3.8, 4) is 0 Å². The Morgan fingerprint density at radius 2 is 1.50 bits per heavy atom. The van der Waals surface area contributed by atoms with E-state index in [9.17, 15) is 4.79 Å². The third kappa shape index (κ3) is 3.05. The number of carbonyl (C=O) groups excluding carboxylic acids is 1. The van der Waals surface area contributed by atoms with Crippen molar-refractivity contribution in [2.45, 2.75) is 25.7 Å². The van der Waals surface area contributed by atoms with Crippen LogP contribution in [0.3, 0.4) is 0 Å². The Hall–Kier alpha value is -0.900. The van der Waals surface area contributed by atoms with Crippen LogP contribution in [0.25, 0.3) is 0 Å². The molecule has 3 nitrogen and oxygen atoms in total. The van der Waals surface area contributed by atoms with E-state index in [4.69, 9.17) is 11.6 Å². The van der Waals surface area contributed by atoms with Gasteiger partial charge in [0.2, 0.25) is 0 Å². The average Bonchev–Trinajstić information content (AvgIpc) is 3.02. The summed E-state index contributed by atoms with van der Waals surface area (Å²) < 4.78 is 0. The first-order valence-corrected chi connectivity index (χ1v) is 7.91. The zero-order chi connectivity index (χ0) is 13.9. The van der Waals surface area contributed by atoms with Gasteiger partial charge < -0.3 is 0 Å². The smallest absolute Gasteiger partial charge is 0.166 e. The Morgan fingerprint density at radius 3 is 2.10 bits per heavy atom. The maximum absolute atomic E-state index is 12.5. The molecule has 0 saturated carbocycles. The monoisotopic (exact) mass is 292 g/mol. The molecule has 1 aromatic carbocycles. The van der Waals surface area contributed by atoms with E-state index in [2.05, 4.69) is 10.0 Å². The number of hydrazine groups is 1. The zero-order valence-electron chi connectivity index (χ0n) is 11.7. The fourth-order valence-electron chi connectivity index (χ4n) is 3.24. The van der Waals surface area contributed by atoms with Gasteiger partial charge in [0.25, 0.3) is 0 Å². The number of carbonyl (C=O) groups is 1. The van der Waals surface area contributed by atoms with Crippen LogP contribution in [0.5, 0.6) is 0 Å². The van der Waals surface area contributed by atoms with Gasteiger partial charge in [-0.05, 0) is 49.9 Å². The van der Waals surface area contributed by atoms with Crippen LogP contribution >= 0.6 is 11.6 Å². The topological polar surface area (TPSA) is 23.6 Å². The maximum atomic E-state index is 12.5. The van der Waals surface area contributed by atoms with E-state index in [1.54, 1.807) is 12.1 Å². The van der Waals surface area contributed by atoms with Gasteiger partial charge in [0, 0.05) is 42.7 Å². The number of rotatable bonds is 3. The molecule has 2 heterocycles. The molecule has 2 saturated heterocycles. The van der Waals surface area contributed by atoms with Crippen LogP contribution in [0.4, 0.5) is 0 Å². The van der Waals surface area contributed by atoms with Gasteiger partial charge in [-0.1, -0.05) is 11.6 Å². The van der Waals surface area contributed by atoms with E-state index < -0.39 is 0 Å². The molecule has 0 radical (unpaired) electrons. The highest BCUT2D eigenvalue weighted by Gasteiger charge is 2.29. The van der Waals surface area contributed by atoms with Crippen LogP contribution in [0.2, 0.25) is 5.02 Å². The normalized spacial score (nSPS) is 22.2. The predicted octanol–water partition coefficient (Wildman–Crippen LogP) is 3.25. The maximum Gasteiger partial charge on any atom is 0.166 e. The first kappa shape index (κ1) is 14.1. The van der Waals surface area contributed by atoms with E-state index in [0.29, 0.717) is 5.02 Å². The molecule has 4 heteroatoms. The number of benzene rings is 1. The summed E-state index contributed by atoms with van der Waals surface area (Å²) in [5, 5.41) is 5.59. The number of ketones is 1. The molecule has 0 unspecified atom stereocenters. The average molecular weight is 293 g/mol. The molecule has 1 aromatic rings. The van der Waals surface area contributed by atoms with Crippen molar-refractivity contribution < 1.29 is 4.79 Å². The molecular formula is C16H21ClN2O. The Balaban J connectivity index is 1.57. The lowest BCUT2D eigenvalue weighted by atomic mass is 9.89. The lowest BCUT2D eigenvalue weighted by Gasteiger charge is -2.37. The minimum Gasteiger partial charge on any atom is -0.294 e. The summed E-state index contributed by atoms with van der Waals surface area (Å²) >= 11 is 5.87. The molecule has 0 atom stereocenters. The molecule has 0 spiro atoms. The molecule has 0 bridgehead atoms. The summed E-state index contributed by atoms with van der Waals surface area (Å²) in [6.07, 6.45) is 4.56. The summed E-state index contributed by atoms with van der Waals surface area (Å²) in [5.74, 6) is 0.456. The SMILES string of the molecule is O=C(c1ccc(Cl)cc1)C1CCN(N2CCCC2)CC1. The fraction of sp³-hybridized carbons (Fsp3) is 0.562. The Bertz CT molecular complexity index is 460. The molecule has 2 fully saturated rings. The van der Waals surface area contributed by atoms with Gasteiger partial charge in [0.05, 0.1) is 0 Å². The lowest BCUT2D eigenvalue weighted by Crippen LogP contribution is -2.46. The first-order chi connectivity index (χ1) is 9.74. The van der Waals surface area contributed by atoms with Gasteiger partial charge in [-0.25, -0.2) is 10.0 Å². The molecule has 0 N–H and O–H groups in total. The standard InChI is InChI=1S/C16H21ClN2O/c17-15-5-3-13(4-6-15)16(20)14-7-11-19(12-8-14)18-9-1-2-10-18/h3-6,14H,1-2,7-12H2. The molecule has 0 aliphatic carbocycles. The lowest BCUT2D eigenvalue weighted by molar-refractivity contribution is -0.0278. The minimum absolute atomic E-state index is 0.176. The van der Waals surface area contributed by atoms with Crippen molar-refractivity contribution in [2.24, 2.45) is 5.92 Å². The minimum atomic E-state index is 0.176. The highest BCUT2D eigenvalue weighted by Crippen LogP contribution is 2.24. The molecule has 108 valence electrons. The van der Waals surface area contributed by atoms with Crippen molar-refractivity contribution in [1.29, 1.82) is 0 Å². The second-order valence-electron chi connectivity index (χ2n) is 5.76. The number of Topliss-reactive ketones (excluding diaryl/α,β-unsaturated/α-hetero) is 1. The molecule has 2 aliphatic rings. The predicted molar refractivity (Wildman–Crippen MR) is 80.9 cm³/mol. The van der Waals surface area contributed by atoms with Crippen molar-refractivity contribution in [3.05, 3.63) is 34.9 Å². The van der Waals surface area contributed by atoms with Crippen molar-refractivity contribution in [3.63, 3.8) is 0 Å². The zero-order valence-corrected chi connectivity index (χ0v) is 12.5. The van der Waals surface area contributed by atoms with Crippen molar-refractivity contribution in [1.82, 2.24) is 10.0 Å². The van der Waals surface area contributed by atoms with Crippen LogP contribution in [-0.2, 0) is 0 Å². The van der Waals surface area contributed by atoms with E-state index in [1.165, 1.54) is 25.9 Å². The summed E-state index contributed by atoms with van der Waals surface area (Å²) in [7, 11) is 0. The summed E-state index contributed by atoms with van der Waals surface area (Å²) in [4.78, 5) is 12.5. The fourth-order valence-corrected chi connectivity index (χ4v) is 3.37. The first-order valence-electron chi connectivity index (χ1n) is 7.53. The second kappa shape index (κ2) is 6.25. The quantitative estimate of drug-likeness (QED) is 0.799. The van der Waals surface area contributed by atoms with E-state index in [0.717, 1.165) is 31.5 Å². The van der Waals surface area contributed by atoms with Crippen LogP contribution < -0.4 is 0 Å². The molecule has 2 aliphatic heterocycles. The van der Waals surface area contributed by atoms with Crippen molar-refractivity contribution >= 4 is 17.4 Å². The van der Waals surface area contributed by atoms with E-state index in [-0.39, 0.29) is 11.7 Å². The molecule has 20 heavy (non-hydrogen) atoms. The Kier molecular flexibility index (Phi) is 4.39. The van der Waals surface area contributed by atoms with Crippen LogP contribution in [0.15, 0.2) is 24.3 Å². The van der Waals surface area contributed by atoms with Gasteiger partial charge in [-0.2, -0.15) is 0 Å². The van der Waals surface area contributed by atoms with Crippen LogP contribution in [-0.4, -0.2) is 42.0 Å². The molecular weight excluding hydrogens is 272 g/mol. The largest absolute Gasteiger partial charge is 0.294 e. The Labute approximate surface area is 125 Å². The van der Waals surface area contributed by atoms with Crippen molar-refractivity contribution in [2.75, 3.05) is 26.2 Å². The highest BCUT2D eigenvalue weighted by molar-refractivity contribution is 6.30. The van der Waals surface area contributed by atoms with Gasteiger partial charge >= 0.3 is 0 Å². The van der Waals surface area contributed by atoms with Gasteiger partial charge in [-0.3, -0.25) is 4.79 Å². The van der Waals surface area contributed by atoms with Crippen LogP contribution in [0.1, 0.15) is 36.0 Å². The number of halogens is 1. The molecule has 3 rings (SSSR count).